The van der Waals surface area contributed by atoms with Crippen molar-refractivity contribution in [3.05, 3.63) is 0 Å². The van der Waals surface area contributed by atoms with Crippen molar-refractivity contribution in [3.8, 4) is 0 Å². The molecule has 1 aliphatic carbocycles. The molecular formula is C8H15NO4S2. The third-order valence-corrected chi connectivity index (χ3v) is 5.75. The second-order valence-electron chi connectivity index (χ2n) is 3.73. The highest BCUT2D eigenvalue weighted by Gasteiger charge is 2.43. The number of hydrogen-bond donors (Lipinski definition) is 2. The molecule has 15 heavy (non-hydrogen) atoms. The molecule has 0 aromatic carbocycles. The van der Waals surface area contributed by atoms with Crippen LogP contribution in [0.5, 0.6) is 0 Å². The molecule has 1 atom stereocenters. The van der Waals surface area contributed by atoms with Crippen LogP contribution in [-0.2, 0) is 14.8 Å². The van der Waals surface area contributed by atoms with Crippen molar-refractivity contribution in [2.75, 3.05) is 12.8 Å². The predicted molar refractivity (Wildman–Crippen MR) is 59.5 cm³/mol. The minimum atomic E-state index is -3.73. The molecule has 0 radical (unpaired) electrons. The molecule has 1 saturated carbocycles. The monoisotopic (exact) mass is 253 g/mol. The highest BCUT2D eigenvalue weighted by Crippen LogP contribution is 2.46. The van der Waals surface area contributed by atoms with Gasteiger partial charge in [-0.15, -0.1) is 0 Å². The van der Waals surface area contributed by atoms with Crippen molar-refractivity contribution in [2.45, 2.75) is 29.8 Å². The Hall–Kier alpha value is -0.270. The van der Waals surface area contributed by atoms with Crippen LogP contribution in [0.4, 0.5) is 0 Å². The first-order valence-electron chi connectivity index (χ1n) is 4.59. The summed E-state index contributed by atoms with van der Waals surface area (Å²) in [5, 5.41) is 7.20. The predicted octanol–water partition coefficient (Wildman–Crippen LogP) is 0.274. The molecule has 0 aromatic heterocycles. The van der Waals surface area contributed by atoms with Crippen molar-refractivity contribution >= 4 is 27.8 Å². The summed E-state index contributed by atoms with van der Waals surface area (Å²) in [6.07, 6.45) is 3.90. The van der Waals surface area contributed by atoms with Gasteiger partial charge in [-0.2, -0.15) is 11.8 Å². The molecule has 5 nitrogen and oxygen atoms in total. The van der Waals surface area contributed by atoms with E-state index in [1.165, 1.54) is 6.92 Å². The summed E-state index contributed by atoms with van der Waals surface area (Å²) in [4.78, 5) is 10.5. The van der Waals surface area contributed by atoms with Gasteiger partial charge in [0.15, 0.2) is 5.25 Å². The maximum absolute atomic E-state index is 11.5. The number of carboxylic acid groups (broad SMARTS) is 1. The standard InChI is InChI=1S/C8H15NO4S2/c1-6(7(10)11)15(12,13)9-5-8(14-2)3-4-8/h6,9H,3-5H2,1-2H3,(H,10,11). The van der Waals surface area contributed by atoms with Gasteiger partial charge in [0.25, 0.3) is 0 Å². The van der Waals surface area contributed by atoms with E-state index in [2.05, 4.69) is 4.72 Å². The maximum atomic E-state index is 11.5. The number of nitrogens with one attached hydrogen (secondary N) is 1. The fourth-order valence-corrected chi connectivity index (χ4v) is 2.89. The Labute approximate surface area is 93.7 Å². The maximum Gasteiger partial charge on any atom is 0.323 e. The molecule has 0 aliphatic heterocycles. The van der Waals surface area contributed by atoms with Gasteiger partial charge in [0, 0.05) is 11.3 Å². The van der Waals surface area contributed by atoms with Crippen LogP contribution in [0.2, 0.25) is 0 Å². The summed E-state index contributed by atoms with van der Waals surface area (Å²) in [5.41, 5.74) is 0. The fraction of sp³-hybridized carbons (Fsp3) is 0.875. The minimum absolute atomic E-state index is 0.00525. The Balaban J connectivity index is 2.54. The molecule has 0 amide bonds. The third-order valence-electron chi connectivity index (χ3n) is 2.65. The number of rotatable bonds is 6. The summed E-state index contributed by atoms with van der Waals surface area (Å²) < 4.78 is 25.3. The number of sulfonamides is 1. The van der Waals surface area contributed by atoms with E-state index in [0.29, 0.717) is 6.54 Å². The molecule has 0 heterocycles. The fourth-order valence-electron chi connectivity index (χ4n) is 1.08. The van der Waals surface area contributed by atoms with Gasteiger partial charge in [0.2, 0.25) is 10.0 Å². The lowest BCUT2D eigenvalue weighted by molar-refractivity contribution is -0.136. The minimum Gasteiger partial charge on any atom is -0.480 e. The molecule has 0 spiro atoms. The van der Waals surface area contributed by atoms with E-state index < -0.39 is 21.2 Å². The lowest BCUT2D eigenvalue weighted by Crippen LogP contribution is -2.40. The molecule has 0 bridgehead atoms. The van der Waals surface area contributed by atoms with Crippen LogP contribution < -0.4 is 4.72 Å². The van der Waals surface area contributed by atoms with E-state index in [1.807, 2.05) is 6.26 Å². The summed E-state index contributed by atoms with van der Waals surface area (Å²) in [6.45, 7) is 1.50. The van der Waals surface area contributed by atoms with Crippen LogP contribution in [0.25, 0.3) is 0 Å². The van der Waals surface area contributed by atoms with Crippen LogP contribution in [-0.4, -0.2) is 42.3 Å². The first-order chi connectivity index (χ1) is 6.83. The topological polar surface area (TPSA) is 83.5 Å². The first kappa shape index (κ1) is 12.8. The number of hydrogen-bond acceptors (Lipinski definition) is 4. The van der Waals surface area contributed by atoms with Crippen LogP contribution in [0.15, 0.2) is 0 Å². The summed E-state index contributed by atoms with van der Waals surface area (Å²) in [6, 6.07) is 0. The van der Waals surface area contributed by atoms with E-state index in [4.69, 9.17) is 5.11 Å². The van der Waals surface area contributed by atoms with Gasteiger partial charge in [0.1, 0.15) is 0 Å². The smallest absolute Gasteiger partial charge is 0.323 e. The Morgan fingerprint density at radius 2 is 2.13 bits per heavy atom. The van der Waals surface area contributed by atoms with Gasteiger partial charge < -0.3 is 5.11 Å². The number of carboxylic acids is 1. The van der Waals surface area contributed by atoms with Crippen molar-refractivity contribution < 1.29 is 18.3 Å². The zero-order chi connectivity index (χ0) is 11.7. The first-order valence-corrected chi connectivity index (χ1v) is 7.36. The average molecular weight is 253 g/mol. The molecule has 1 fully saturated rings. The van der Waals surface area contributed by atoms with Gasteiger partial charge in [0.05, 0.1) is 0 Å². The molecule has 2 N–H and O–H groups in total. The summed E-state index contributed by atoms with van der Waals surface area (Å²) in [5.74, 6) is -1.32. The van der Waals surface area contributed by atoms with Gasteiger partial charge in [-0.25, -0.2) is 13.1 Å². The normalized spacial score (nSPS) is 20.9. The zero-order valence-corrected chi connectivity index (χ0v) is 10.3. The lowest BCUT2D eigenvalue weighted by atomic mass is 10.4. The van der Waals surface area contributed by atoms with Crippen LogP contribution in [0.1, 0.15) is 19.8 Å². The quantitative estimate of drug-likeness (QED) is 0.710. The van der Waals surface area contributed by atoms with Crippen molar-refractivity contribution in [2.24, 2.45) is 0 Å². The molecule has 1 rings (SSSR count). The number of carbonyl (C=O) groups is 1. The summed E-state index contributed by atoms with van der Waals surface area (Å²) in [7, 11) is -3.73. The summed E-state index contributed by atoms with van der Waals surface area (Å²) >= 11 is 1.62. The Kier molecular flexibility index (Phi) is 3.67. The Morgan fingerprint density at radius 3 is 2.47 bits per heavy atom. The average Bonchev–Trinajstić information content (AvgIpc) is 2.94. The third kappa shape index (κ3) is 3.09. The molecule has 0 aromatic rings. The molecule has 7 heteroatoms. The van der Waals surface area contributed by atoms with Gasteiger partial charge >= 0.3 is 5.97 Å². The molecule has 1 unspecified atom stereocenters. The SMILES string of the molecule is CSC1(CNS(=O)(=O)C(C)C(=O)O)CC1. The second kappa shape index (κ2) is 4.31. The highest BCUT2D eigenvalue weighted by molar-refractivity contribution is 8.00. The van der Waals surface area contributed by atoms with Crippen LogP contribution >= 0.6 is 11.8 Å². The van der Waals surface area contributed by atoms with Crippen LogP contribution in [0, 0.1) is 0 Å². The Morgan fingerprint density at radius 1 is 1.60 bits per heavy atom. The van der Waals surface area contributed by atoms with Crippen LogP contribution in [0.3, 0.4) is 0 Å². The van der Waals surface area contributed by atoms with E-state index >= 15 is 0 Å². The van der Waals surface area contributed by atoms with Crippen molar-refractivity contribution in [1.29, 1.82) is 0 Å². The van der Waals surface area contributed by atoms with Crippen molar-refractivity contribution in [3.63, 3.8) is 0 Å². The van der Waals surface area contributed by atoms with E-state index in [-0.39, 0.29) is 4.75 Å². The van der Waals surface area contributed by atoms with E-state index in [9.17, 15) is 13.2 Å². The highest BCUT2D eigenvalue weighted by atomic mass is 32.2. The second-order valence-corrected chi connectivity index (χ2v) is 7.09. The molecule has 0 saturated heterocycles. The number of thioether (sulfide) groups is 1. The lowest BCUT2D eigenvalue weighted by Gasteiger charge is -2.15. The molecule has 88 valence electrons. The Bertz CT molecular complexity index is 348. The van der Waals surface area contributed by atoms with Crippen molar-refractivity contribution in [1.82, 2.24) is 4.72 Å². The molecular weight excluding hydrogens is 238 g/mol. The van der Waals surface area contributed by atoms with E-state index in [0.717, 1.165) is 12.8 Å². The van der Waals surface area contributed by atoms with Gasteiger partial charge in [-0.3, -0.25) is 4.79 Å². The molecule has 1 aliphatic rings. The van der Waals surface area contributed by atoms with Gasteiger partial charge in [-0.05, 0) is 26.0 Å². The van der Waals surface area contributed by atoms with Gasteiger partial charge in [-0.1, -0.05) is 0 Å². The zero-order valence-electron chi connectivity index (χ0n) is 8.69. The van der Waals surface area contributed by atoms with E-state index in [1.54, 1.807) is 11.8 Å². The largest absolute Gasteiger partial charge is 0.480 e. The number of aliphatic carboxylic acids is 1.